The van der Waals surface area contributed by atoms with E-state index in [-0.39, 0.29) is 11.4 Å². The van der Waals surface area contributed by atoms with Gasteiger partial charge < -0.3 is 0 Å². The van der Waals surface area contributed by atoms with Crippen LogP contribution in [0.5, 0.6) is 0 Å². The summed E-state index contributed by atoms with van der Waals surface area (Å²) in [6.45, 7) is 6.30. The van der Waals surface area contributed by atoms with Crippen molar-refractivity contribution in [3.8, 4) is 0 Å². The number of alkyl halides is 3. The summed E-state index contributed by atoms with van der Waals surface area (Å²) in [5.41, 5.74) is -0.658. The third-order valence-corrected chi connectivity index (χ3v) is 1.93. The smallest absolute Gasteiger partial charge is 0.295 e. The highest BCUT2D eigenvalue weighted by atomic mass is 19.4. The van der Waals surface area contributed by atoms with Crippen LogP contribution in [0.2, 0.25) is 0 Å². The summed E-state index contributed by atoms with van der Waals surface area (Å²) in [5, 5.41) is 0. The first-order valence-corrected chi connectivity index (χ1v) is 4.94. The van der Waals surface area contributed by atoms with Crippen LogP contribution in [0.3, 0.4) is 0 Å². The Morgan fingerprint density at radius 1 is 1.38 bits per heavy atom. The van der Waals surface area contributed by atoms with Gasteiger partial charge in [-0.15, -0.1) is 0 Å². The molecule has 0 aliphatic carbocycles. The molecule has 0 bridgehead atoms. The zero-order valence-corrected chi connectivity index (χ0v) is 9.40. The number of hydrogen-bond donors (Lipinski definition) is 0. The molecule has 0 rings (SSSR count). The normalized spacial score (nSPS) is 13.8. The van der Waals surface area contributed by atoms with Gasteiger partial charge in [-0.25, -0.2) is 0 Å². The predicted octanol–water partition coefficient (Wildman–Crippen LogP) is 3.98. The number of hydrogen-bond acceptors (Lipinski definition) is 1. The number of allylic oxidation sites excluding steroid dienone is 5. The zero-order chi connectivity index (χ0) is 12.8. The van der Waals surface area contributed by atoms with Crippen LogP contribution in [0.15, 0.2) is 36.0 Å². The maximum absolute atomic E-state index is 12.5. The van der Waals surface area contributed by atoms with Gasteiger partial charge in [0.1, 0.15) is 0 Å². The lowest BCUT2D eigenvalue weighted by atomic mass is 10.0. The molecule has 0 saturated carbocycles. The fraction of sp³-hybridized carbons (Fsp3) is 0.417. The quantitative estimate of drug-likeness (QED) is 0.517. The molecule has 0 N–H and O–H groups in total. The van der Waals surface area contributed by atoms with E-state index in [2.05, 4.69) is 6.58 Å². The third-order valence-electron chi connectivity index (χ3n) is 1.93. The van der Waals surface area contributed by atoms with Crippen molar-refractivity contribution in [3.05, 3.63) is 36.0 Å². The first kappa shape index (κ1) is 14.7. The van der Waals surface area contributed by atoms with Crippen molar-refractivity contribution < 1.29 is 18.0 Å². The number of carbonyl (C=O) groups excluding carboxylic acids is 1. The molecule has 0 fully saturated rings. The van der Waals surface area contributed by atoms with Gasteiger partial charge in [0.25, 0.3) is 0 Å². The number of Topliss-reactive ketones (excluding diaryl/α,β-unsaturated/α-hetero) is 1. The Kier molecular flexibility index (Phi) is 5.78. The average molecular weight is 232 g/mol. The van der Waals surface area contributed by atoms with Crippen LogP contribution in [0.1, 0.15) is 26.7 Å². The van der Waals surface area contributed by atoms with Gasteiger partial charge >= 0.3 is 6.18 Å². The molecule has 0 aromatic carbocycles. The molecule has 0 aliphatic rings. The van der Waals surface area contributed by atoms with Gasteiger partial charge in [-0.3, -0.25) is 4.79 Å². The lowest BCUT2D eigenvalue weighted by molar-refractivity contribution is -0.113. The number of rotatable bonds is 5. The van der Waals surface area contributed by atoms with Gasteiger partial charge in [0.15, 0.2) is 5.78 Å². The van der Waals surface area contributed by atoms with Crippen molar-refractivity contribution >= 4 is 5.78 Å². The summed E-state index contributed by atoms with van der Waals surface area (Å²) < 4.78 is 37.5. The monoisotopic (exact) mass is 232 g/mol. The Morgan fingerprint density at radius 2 is 1.94 bits per heavy atom. The minimum Gasteiger partial charge on any atom is -0.295 e. The average Bonchev–Trinajstić information content (AvgIpc) is 2.14. The van der Waals surface area contributed by atoms with Crippen molar-refractivity contribution in [2.45, 2.75) is 32.9 Å². The molecular formula is C12H15F3O. The maximum atomic E-state index is 12.5. The molecule has 90 valence electrons. The van der Waals surface area contributed by atoms with Crippen molar-refractivity contribution in [1.82, 2.24) is 0 Å². The number of halogens is 3. The van der Waals surface area contributed by atoms with Crippen molar-refractivity contribution in [2.75, 3.05) is 0 Å². The maximum Gasteiger partial charge on any atom is 0.416 e. The van der Waals surface area contributed by atoms with Crippen LogP contribution in [-0.2, 0) is 4.79 Å². The second-order valence-corrected chi connectivity index (χ2v) is 3.33. The number of ketones is 1. The fourth-order valence-corrected chi connectivity index (χ4v) is 1.16. The summed E-state index contributed by atoms with van der Waals surface area (Å²) >= 11 is 0. The van der Waals surface area contributed by atoms with E-state index < -0.39 is 11.7 Å². The summed E-state index contributed by atoms with van der Waals surface area (Å²) in [4.78, 5) is 11.1. The molecule has 0 aromatic rings. The molecular weight excluding hydrogens is 217 g/mol. The third kappa shape index (κ3) is 4.96. The Balaban J connectivity index is 5.24. The molecule has 0 aromatic heterocycles. The second kappa shape index (κ2) is 6.30. The predicted molar refractivity (Wildman–Crippen MR) is 58.0 cm³/mol. The largest absolute Gasteiger partial charge is 0.416 e. The van der Waals surface area contributed by atoms with Crippen LogP contribution in [0.25, 0.3) is 0 Å². The van der Waals surface area contributed by atoms with E-state index in [9.17, 15) is 18.0 Å². The molecule has 0 atom stereocenters. The van der Waals surface area contributed by atoms with Gasteiger partial charge in [-0.1, -0.05) is 32.1 Å². The lowest BCUT2D eigenvalue weighted by Gasteiger charge is -2.09. The van der Waals surface area contributed by atoms with Gasteiger partial charge in [-0.05, 0) is 25.0 Å². The van der Waals surface area contributed by atoms with Crippen molar-refractivity contribution in [1.29, 1.82) is 0 Å². The van der Waals surface area contributed by atoms with Crippen molar-refractivity contribution in [2.24, 2.45) is 0 Å². The van der Waals surface area contributed by atoms with E-state index >= 15 is 0 Å². The Hall–Kier alpha value is -1.32. The van der Waals surface area contributed by atoms with Crippen LogP contribution >= 0.6 is 0 Å². The summed E-state index contributed by atoms with van der Waals surface area (Å²) in [6, 6.07) is 0. The second-order valence-electron chi connectivity index (χ2n) is 3.33. The SMILES string of the molecule is C=C/C=C(\C=C(/CCC)C(C)=O)C(F)(F)F. The Bertz CT molecular complexity index is 322. The molecule has 0 spiro atoms. The summed E-state index contributed by atoms with van der Waals surface area (Å²) in [7, 11) is 0. The van der Waals surface area contributed by atoms with E-state index in [1.807, 2.05) is 0 Å². The van der Waals surface area contributed by atoms with Gasteiger partial charge in [-0.2, -0.15) is 13.2 Å². The van der Waals surface area contributed by atoms with Gasteiger partial charge in [0.05, 0.1) is 5.57 Å². The summed E-state index contributed by atoms with van der Waals surface area (Å²) in [6.07, 6.45) is -0.664. The molecule has 0 amide bonds. The van der Waals surface area contributed by atoms with E-state index in [0.29, 0.717) is 12.8 Å². The highest BCUT2D eigenvalue weighted by molar-refractivity contribution is 5.93. The highest BCUT2D eigenvalue weighted by Gasteiger charge is 2.32. The van der Waals surface area contributed by atoms with Gasteiger partial charge in [0.2, 0.25) is 0 Å². The first-order valence-electron chi connectivity index (χ1n) is 4.94. The van der Waals surface area contributed by atoms with E-state index in [4.69, 9.17) is 0 Å². The van der Waals surface area contributed by atoms with Crippen LogP contribution < -0.4 is 0 Å². The molecule has 0 radical (unpaired) electrons. The van der Waals surface area contributed by atoms with Crippen LogP contribution in [0, 0.1) is 0 Å². The highest BCUT2D eigenvalue weighted by Crippen LogP contribution is 2.28. The molecule has 0 saturated heterocycles. The fourth-order valence-electron chi connectivity index (χ4n) is 1.16. The molecule has 16 heavy (non-hydrogen) atoms. The Morgan fingerprint density at radius 3 is 2.25 bits per heavy atom. The van der Waals surface area contributed by atoms with E-state index in [0.717, 1.165) is 18.2 Å². The van der Waals surface area contributed by atoms with Crippen LogP contribution in [0.4, 0.5) is 13.2 Å². The van der Waals surface area contributed by atoms with Gasteiger partial charge in [0, 0.05) is 0 Å². The molecule has 4 heteroatoms. The van der Waals surface area contributed by atoms with Crippen molar-refractivity contribution in [3.63, 3.8) is 0 Å². The zero-order valence-electron chi connectivity index (χ0n) is 9.40. The minimum atomic E-state index is -4.46. The standard InChI is InChI=1S/C12H15F3O/c1-4-6-10(9(3)16)8-11(7-5-2)12(13,14)15/h5,7-8H,2,4,6H2,1,3H3/b10-8+,11-7+. The summed E-state index contributed by atoms with van der Waals surface area (Å²) in [5.74, 6) is -0.332. The first-order chi connectivity index (χ1) is 7.32. The van der Waals surface area contributed by atoms with E-state index in [1.54, 1.807) is 6.92 Å². The topological polar surface area (TPSA) is 17.1 Å². The molecule has 0 heterocycles. The lowest BCUT2D eigenvalue weighted by Crippen LogP contribution is -2.11. The van der Waals surface area contributed by atoms with E-state index in [1.165, 1.54) is 6.92 Å². The minimum absolute atomic E-state index is 0.188. The van der Waals surface area contributed by atoms with Crippen LogP contribution in [-0.4, -0.2) is 12.0 Å². The molecule has 0 aliphatic heterocycles. The number of carbonyl (C=O) groups is 1. The molecule has 0 unspecified atom stereocenters. The molecule has 1 nitrogen and oxygen atoms in total. The Labute approximate surface area is 93.3 Å².